The van der Waals surface area contributed by atoms with Gasteiger partial charge in [-0.15, -0.1) is 0 Å². The molecule has 12 heteroatoms. The monoisotopic (exact) mass is 401 g/mol. The molecule has 2 saturated heterocycles. The fourth-order valence-corrected chi connectivity index (χ4v) is 6.16. The van der Waals surface area contributed by atoms with Crippen LogP contribution in [-0.2, 0) is 30.1 Å². The first-order valence-electron chi connectivity index (χ1n) is 8.21. The van der Waals surface area contributed by atoms with Gasteiger partial charge in [0.1, 0.15) is 30.2 Å². The Kier molecular flexibility index (Phi) is 4.51. The van der Waals surface area contributed by atoms with Crippen molar-refractivity contribution in [3.05, 3.63) is 12.7 Å². The van der Waals surface area contributed by atoms with Crippen LogP contribution in [0.25, 0.3) is 11.2 Å². The summed E-state index contributed by atoms with van der Waals surface area (Å²) in [6.07, 6.45) is -0.655. The number of fused-ring (bicyclic) bond motifs is 2. The van der Waals surface area contributed by atoms with E-state index >= 15 is 0 Å². The van der Waals surface area contributed by atoms with Crippen molar-refractivity contribution in [1.82, 2.24) is 19.5 Å². The van der Waals surface area contributed by atoms with Crippen LogP contribution in [-0.4, -0.2) is 55.1 Å². The highest BCUT2D eigenvalue weighted by Gasteiger charge is 2.55. The van der Waals surface area contributed by atoms with Crippen molar-refractivity contribution in [2.24, 2.45) is 0 Å². The number of rotatable bonds is 3. The number of imidazole rings is 1. The van der Waals surface area contributed by atoms with Gasteiger partial charge in [0.15, 0.2) is 17.7 Å². The van der Waals surface area contributed by atoms with E-state index in [0.717, 1.165) is 0 Å². The van der Waals surface area contributed by atoms with Gasteiger partial charge in [-0.25, -0.2) is 15.0 Å². The molecule has 142 valence electrons. The Labute approximate surface area is 154 Å². The molecule has 0 bridgehead atoms. The Morgan fingerprint density at radius 2 is 2.08 bits per heavy atom. The molecule has 2 aliphatic rings. The number of hydrogen-bond donors (Lipinski definition) is 2. The van der Waals surface area contributed by atoms with E-state index < -0.39 is 37.4 Å². The molecule has 0 amide bonds. The van der Waals surface area contributed by atoms with Crippen LogP contribution in [0.2, 0.25) is 0 Å². The van der Waals surface area contributed by atoms with E-state index in [2.05, 4.69) is 15.0 Å². The molecule has 10 nitrogen and oxygen atoms in total. The predicted octanol–water partition coefficient (Wildman–Crippen LogP) is 1.12. The van der Waals surface area contributed by atoms with E-state index in [0.29, 0.717) is 11.2 Å². The number of nitrogens with two attached hydrogens (primary N) is 1. The van der Waals surface area contributed by atoms with Gasteiger partial charge in [-0.2, -0.15) is 0 Å². The van der Waals surface area contributed by atoms with Crippen LogP contribution in [0.1, 0.15) is 27.0 Å². The fraction of sp³-hybridized carbons (Fsp3) is 0.643. The molecular weight excluding hydrogens is 381 g/mol. The van der Waals surface area contributed by atoms with Crippen molar-refractivity contribution >= 4 is 35.5 Å². The summed E-state index contributed by atoms with van der Waals surface area (Å²) in [4.78, 5) is 12.3. The van der Waals surface area contributed by atoms with Crippen molar-refractivity contribution in [2.45, 2.75) is 57.5 Å². The maximum Gasteiger partial charge on any atom is 0.328 e. The van der Waals surface area contributed by atoms with Gasteiger partial charge in [0.2, 0.25) is 0 Å². The maximum absolute atomic E-state index is 10.9. The van der Waals surface area contributed by atoms with E-state index in [1.807, 2.05) is 20.8 Å². The number of nitrogen functional groups attached to an aromatic ring is 1. The average molecular weight is 401 g/mol. The first kappa shape index (κ1) is 18.2. The summed E-state index contributed by atoms with van der Waals surface area (Å²) in [5.41, 5.74) is 6.73. The largest absolute Gasteiger partial charge is 0.386 e. The molecule has 0 saturated carbocycles. The van der Waals surface area contributed by atoms with Crippen LogP contribution in [0, 0.1) is 0 Å². The molecule has 0 aliphatic carbocycles. The highest BCUT2D eigenvalue weighted by Crippen LogP contribution is 2.59. The molecule has 2 aromatic heterocycles. The number of ether oxygens (including phenoxy) is 1. The minimum Gasteiger partial charge on any atom is -0.386 e. The third-order valence-corrected chi connectivity index (χ3v) is 6.81. The number of anilines is 1. The normalized spacial score (nSPS) is 37.3. The van der Waals surface area contributed by atoms with E-state index in [-0.39, 0.29) is 11.9 Å². The van der Waals surface area contributed by atoms with Crippen LogP contribution >= 0.6 is 6.72 Å². The fourth-order valence-electron chi connectivity index (χ4n) is 3.21. The van der Waals surface area contributed by atoms with Crippen molar-refractivity contribution in [3.63, 3.8) is 0 Å². The van der Waals surface area contributed by atoms with Gasteiger partial charge < -0.3 is 24.6 Å². The molecule has 0 aromatic carbocycles. The molecular formula is C14H20N5O5PS. The van der Waals surface area contributed by atoms with Gasteiger partial charge >= 0.3 is 6.72 Å². The zero-order valence-corrected chi connectivity index (χ0v) is 16.1. The summed E-state index contributed by atoms with van der Waals surface area (Å²) < 4.78 is 25.0. The minimum absolute atomic E-state index is 0.155. The first-order valence-corrected chi connectivity index (χ1v) is 10.8. The number of aromatic nitrogens is 4. The Morgan fingerprint density at radius 1 is 1.31 bits per heavy atom. The second kappa shape index (κ2) is 6.45. The van der Waals surface area contributed by atoms with E-state index in [1.54, 1.807) is 4.57 Å². The number of nitrogens with zero attached hydrogens (tertiary/aromatic N) is 4. The van der Waals surface area contributed by atoms with Crippen molar-refractivity contribution < 1.29 is 23.4 Å². The molecule has 2 fully saturated rings. The predicted molar refractivity (Wildman–Crippen MR) is 95.6 cm³/mol. The number of aliphatic hydroxyl groups excluding tert-OH is 1. The summed E-state index contributed by atoms with van der Waals surface area (Å²) in [5.74, 6) is 0.257. The Balaban J connectivity index is 1.66. The highest BCUT2D eigenvalue weighted by atomic mass is 32.5. The Bertz CT molecular complexity index is 879. The molecule has 0 spiro atoms. The van der Waals surface area contributed by atoms with Crippen LogP contribution in [0.5, 0.6) is 0 Å². The smallest absolute Gasteiger partial charge is 0.328 e. The van der Waals surface area contributed by atoms with Gasteiger partial charge in [0, 0.05) is 0 Å². The zero-order valence-electron chi connectivity index (χ0n) is 14.4. The maximum atomic E-state index is 10.9. The van der Waals surface area contributed by atoms with Crippen LogP contribution in [0.15, 0.2) is 12.7 Å². The van der Waals surface area contributed by atoms with Gasteiger partial charge in [-0.3, -0.25) is 9.09 Å². The lowest BCUT2D eigenvalue weighted by Gasteiger charge is -2.38. The molecule has 4 rings (SSSR count). The van der Waals surface area contributed by atoms with Crippen LogP contribution in [0.4, 0.5) is 5.82 Å². The van der Waals surface area contributed by atoms with Crippen LogP contribution in [0.3, 0.4) is 0 Å². The molecule has 2 aromatic rings. The van der Waals surface area contributed by atoms with Gasteiger partial charge in [-0.05, 0) is 32.6 Å². The third-order valence-electron chi connectivity index (χ3n) is 4.26. The first-order chi connectivity index (χ1) is 12.3. The zero-order chi connectivity index (χ0) is 18.6. The molecule has 26 heavy (non-hydrogen) atoms. The van der Waals surface area contributed by atoms with Gasteiger partial charge in [0.05, 0.1) is 18.5 Å². The Morgan fingerprint density at radius 3 is 2.81 bits per heavy atom. The Hall–Kier alpha value is -1.20. The minimum atomic E-state index is -2.97. The lowest BCUT2D eigenvalue weighted by Crippen LogP contribution is -2.44. The van der Waals surface area contributed by atoms with E-state index in [4.69, 9.17) is 35.8 Å². The van der Waals surface area contributed by atoms with Crippen molar-refractivity contribution in [2.75, 3.05) is 5.73 Å². The van der Waals surface area contributed by atoms with Gasteiger partial charge in [-0.1, -0.05) is 0 Å². The number of hydrogen-bond acceptors (Lipinski definition) is 10. The van der Waals surface area contributed by atoms with E-state index in [9.17, 15) is 5.11 Å². The average Bonchev–Trinajstić information content (AvgIpc) is 3.09. The standard InChI is InChI=1S/C14H20N5O5PS/c1-6(2)22-25(26)23-7(3)10-11(24-25)9(20)14(21-10)19-5-18-8-12(15)16-4-17-13(8)19/h4-7,9-11,14,20H,1-3H3,(H2,15,16,17). The van der Waals surface area contributed by atoms with Crippen LogP contribution < -0.4 is 5.73 Å². The quantitative estimate of drug-likeness (QED) is 0.722. The topological polar surface area (TPSA) is 127 Å². The van der Waals surface area contributed by atoms with Crippen molar-refractivity contribution in [1.29, 1.82) is 0 Å². The summed E-state index contributed by atoms with van der Waals surface area (Å²) >= 11 is 5.44. The molecule has 6 unspecified atom stereocenters. The SMILES string of the molecule is CC(C)OP1(=S)OC(C)C2OC(n3cnc4c(N)ncnc43)C(O)C2O1. The lowest BCUT2D eigenvalue weighted by molar-refractivity contribution is -0.0956. The summed E-state index contributed by atoms with van der Waals surface area (Å²) in [5, 5.41) is 10.9. The van der Waals surface area contributed by atoms with E-state index in [1.165, 1.54) is 12.7 Å². The second-order valence-corrected chi connectivity index (χ2v) is 9.42. The molecule has 0 radical (unpaired) electrons. The molecule has 6 atom stereocenters. The molecule has 3 N–H and O–H groups in total. The highest BCUT2D eigenvalue weighted by molar-refractivity contribution is 8.07. The molecule has 4 heterocycles. The summed E-state index contributed by atoms with van der Waals surface area (Å²) in [7, 11) is 0. The summed E-state index contributed by atoms with van der Waals surface area (Å²) in [6, 6.07) is 0. The second-order valence-electron chi connectivity index (χ2n) is 6.55. The number of aliphatic hydroxyl groups is 1. The van der Waals surface area contributed by atoms with Gasteiger partial charge in [0.25, 0.3) is 0 Å². The molecule has 2 aliphatic heterocycles. The lowest BCUT2D eigenvalue weighted by atomic mass is 10.1. The summed E-state index contributed by atoms with van der Waals surface area (Å²) in [6.45, 7) is 2.56. The third kappa shape index (κ3) is 2.93. The van der Waals surface area contributed by atoms with Crippen molar-refractivity contribution in [3.8, 4) is 0 Å².